The van der Waals surface area contributed by atoms with Gasteiger partial charge in [-0.05, 0) is 17.9 Å². The molecule has 0 bridgehead atoms. The number of hydrogen-bond donors (Lipinski definition) is 0. The molecule has 8 heteroatoms. The first-order valence-corrected chi connectivity index (χ1v) is 9.94. The van der Waals surface area contributed by atoms with Crippen LogP contribution in [0.15, 0.2) is 17.5 Å². The molecule has 0 aromatic carbocycles. The Labute approximate surface area is 133 Å². The summed E-state index contributed by atoms with van der Waals surface area (Å²) < 4.78 is 35.4. The van der Waals surface area contributed by atoms with Crippen molar-refractivity contribution in [1.82, 2.24) is 4.90 Å². The third-order valence-electron chi connectivity index (χ3n) is 4.01. The van der Waals surface area contributed by atoms with Gasteiger partial charge in [0.15, 0.2) is 9.84 Å². The third-order valence-corrected chi connectivity index (χ3v) is 7.26. The van der Waals surface area contributed by atoms with Crippen LogP contribution in [0.5, 0.6) is 0 Å². The maximum Gasteiger partial charge on any atom is 0.410 e. The number of ether oxygens (including phenoxy) is 2. The zero-order chi connectivity index (χ0) is 15.6. The standard InChI is InChI=1S/C14H19NO5S2/c16-14(20-11-4-7-19-10-11)15-5-3-13(12-2-1-8-21-12)22(17,18)9-6-15/h1-2,8,11,13H,3-7,9-10H2/t11-,13+/m1/s1. The highest BCUT2D eigenvalue weighted by atomic mass is 32.2. The van der Waals surface area contributed by atoms with Gasteiger partial charge in [-0.1, -0.05) is 6.07 Å². The van der Waals surface area contributed by atoms with E-state index in [1.165, 1.54) is 16.2 Å². The normalized spacial score (nSPS) is 28.3. The minimum atomic E-state index is -3.24. The SMILES string of the molecule is O=C(O[C@@H]1CCOC1)N1CC[C@@H](c2cccs2)S(=O)(=O)CC1. The number of rotatable bonds is 2. The van der Waals surface area contributed by atoms with E-state index in [-0.39, 0.29) is 18.4 Å². The smallest absolute Gasteiger partial charge is 0.410 e. The number of carbonyl (C=O) groups excluding carboxylic acids is 1. The van der Waals surface area contributed by atoms with Crippen molar-refractivity contribution in [2.45, 2.75) is 24.2 Å². The second-order valence-electron chi connectivity index (χ2n) is 5.52. The molecule has 3 rings (SSSR count). The molecule has 1 amide bonds. The van der Waals surface area contributed by atoms with Crippen LogP contribution in [0.25, 0.3) is 0 Å². The molecule has 0 spiro atoms. The lowest BCUT2D eigenvalue weighted by Gasteiger charge is -2.21. The van der Waals surface area contributed by atoms with E-state index in [9.17, 15) is 13.2 Å². The summed E-state index contributed by atoms with van der Waals surface area (Å²) in [6, 6.07) is 3.70. The maximum absolute atomic E-state index is 12.4. The van der Waals surface area contributed by atoms with E-state index in [0.717, 1.165) is 4.88 Å². The Hall–Kier alpha value is -1.12. The molecule has 1 aromatic heterocycles. The van der Waals surface area contributed by atoms with Gasteiger partial charge in [0.05, 0.1) is 24.2 Å². The summed E-state index contributed by atoms with van der Waals surface area (Å²) in [4.78, 5) is 14.5. The number of thiophene rings is 1. The van der Waals surface area contributed by atoms with E-state index in [1.54, 1.807) is 0 Å². The summed E-state index contributed by atoms with van der Waals surface area (Å²) in [5, 5.41) is 1.36. The lowest BCUT2D eigenvalue weighted by Crippen LogP contribution is -2.36. The summed E-state index contributed by atoms with van der Waals surface area (Å²) in [5.74, 6) is -0.0220. The van der Waals surface area contributed by atoms with Crippen molar-refractivity contribution in [3.05, 3.63) is 22.4 Å². The van der Waals surface area contributed by atoms with Gasteiger partial charge in [0.1, 0.15) is 6.10 Å². The molecule has 22 heavy (non-hydrogen) atoms. The first-order valence-electron chi connectivity index (χ1n) is 7.34. The highest BCUT2D eigenvalue weighted by molar-refractivity contribution is 7.91. The lowest BCUT2D eigenvalue weighted by atomic mass is 10.2. The fraction of sp³-hybridized carbons (Fsp3) is 0.643. The highest BCUT2D eigenvalue weighted by Gasteiger charge is 2.34. The number of carbonyl (C=O) groups is 1. The molecule has 0 aliphatic carbocycles. The van der Waals surface area contributed by atoms with Crippen LogP contribution in [0.1, 0.15) is 23.0 Å². The monoisotopic (exact) mass is 345 g/mol. The molecule has 2 fully saturated rings. The highest BCUT2D eigenvalue weighted by Crippen LogP contribution is 2.32. The minimum absolute atomic E-state index is 0.0220. The largest absolute Gasteiger partial charge is 0.444 e. The van der Waals surface area contributed by atoms with Crippen molar-refractivity contribution in [2.75, 3.05) is 32.1 Å². The molecular formula is C14H19NO5S2. The first kappa shape index (κ1) is 15.8. The molecule has 122 valence electrons. The van der Waals surface area contributed by atoms with Crippen LogP contribution in [0.4, 0.5) is 4.79 Å². The van der Waals surface area contributed by atoms with E-state index < -0.39 is 21.2 Å². The molecule has 2 saturated heterocycles. The maximum atomic E-state index is 12.4. The lowest BCUT2D eigenvalue weighted by molar-refractivity contribution is 0.0560. The Bertz CT molecular complexity index is 607. The van der Waals surface area contributed by atoms with Gasteiger partial charge in [-0.15, -0.1) is 11.3 Å². The van der Waals surface area contributed by atoms with Crippen LogP contribution in [0.3, 0.4) is 0 Å². The van der Waals surface area contributed by atoms with Gasteiger partial charge in [-0.25, -0.2) is 13.2 Å². The summed E-state index contributed by atoms with van der Waals surface area (Å²) in [6.45, 7) is 1.62. The summed E-state index contributed by atoms with van der Waals surface area (Å²) in [5.41, 5.74) is 0. The molecule has 0 radical (unpaired) electrons. The predicted molar refractivity (Wildman–Crippen MR) is 82.7 cm³/mol. The quantitative estimate of drug-likeness (QED) is 0.818. The Morgan fingerprint density at radius 1 is 1.36 bits per heavy atom. The average Bonchev–Trinajstić information content (AvgIpc) is 3.13. The van der Waals surface area contributed by atoms with Gasteiger partial charge in [0.25, 0.3) is 0 Å². The van der Waals surface area contributed by atoms with E-state index in [2.05, 4.69) is 0 Å². The topological polar surface area (TPSA) is 72.9 Å². The van der Waals surface area contributed by atoms with Crippen LogP contribution in [0, 0.1) is 0 Å². The molecular weight excluding hydrogens is 326 g/mol. The van der Waals surface area contributed by atoms with E-state index in [0.29, 0.717) is 32.6 Å². The van der Waals surface area contributed by atoms with Gasteiger partial charge in [-0.2, -0.15) is 0 Å². The van der Waals surface area contributed by atoms with Crippen LogP contribution in [-0.2, 0) is 19.3 Å². The summed E-state index contributed by atoms with van der Waals surface area (Å²) in [7, 11) is -3.24. The summed E-state index contributed by atoms with van der Waals surface area (Å²) >= 11 is 1.45. The third kappa shape index (κ3) is 3.44. The molecule has 2 aliphatic rings. The van der Waals surface area contributed by atoms with Crippen LogP contribution in [-0.4, -0.2) is 57.6 Å². The van der Waals surface area contributed by atoms with Crippen molar-refractivity contribution in [2.24, 2.45) is 0 Å². The minimum Gasteiger partial charge on any atom is -0.444 e. The predicted octanol–water partition coefficient (Wildman–Crippen LogP) is 1.84. The Balaban J connectivity index is 1.66. The molecule has 3 heterocycles. The van der Waals surface area contributed by atoms with E-state index >= 15 is 0 Å². The van der Waals surface area contributed by atoms with Crippen LogP contribution in [0.2, 0.25) is 0 Å². The van der Waals surface area contributed by atoms with Crippen molar-refractivity contribution >= 4 is 27.3 Å². The molecule has 0 saturated carbocycles. The average molecular weight is 345 g/mol. The molecule has 2 atom stereocenters. The zero-order valence-corrected chi connectivity index (χ0v) is 13.8. The second kappa shape index (κ2) is 6.55. The molecule has 0 N–H and O–H groups in total. The van der Waals surface area contributed by atoms with E-state index in [1.807, 2.05) is 17.5 Å². The molecule has 1 aromatic rings. The molecule has 0 unspecified atom stereocenters. The fourth-order valence-electron chi connectivity index (χ4n) is 2.74. The van der Waals surface area contributed by atoms with Crippen LogP contribution >= 0.6 is 11.3 Å². The first-order chi connectivity index (χ1) is 10.6. The van der Waals surface area contributed by atoms with Gasteiger partial charge in [0.2, 0.25) is 0 Å². The van der Waals surface area contributed by atoms with Gasteiger partial charge in [-0.3, -0.25) is 0 Å². The second-order valence-corrected chi connectivity index (χ2v) is 8.80. The summed E-state index contributed by atoms with van der Waals surface area (Å²) in [6.07, 6.45) is 0.479. The molecule has 6 nitrogen and oxygen atoms in total. The fourth-order valence-corrected chi connectivity index (χ4v) is 5.75. The number of amides is 1. The van der Waals surface area contributed by atoms with Crippen molar-refractivity contribution in [3.63, 3.8) is 0 Å². The van der Waals surface area contributed by atoms with Crippen molar-refractivity contribution < 1.29 is 22.7 Å². The Morgan fingerprint density at radius 3 is 2.91 bits per heavy atom. The Morgan fingerprint density at radius 2 is 2.23 bits per heavy atom. The van der Waals surface area contributed by atoms with Gasteiger partial charge < -0.3 is 14.4 Å². The van der Waals surface area contributed by atoms with Crippen molar-refractivity contribution in [1.29, 1.82) is 0 Å². The number of nitrogens with zero attached hydrogens (tertiary/aromatic N) is 1. The van der Waals surface area contributed by atoms with E-state index in [4.69, 9.17) is 9.47 Å². The number of sulfone groups is 1. The Kier molecular flexibility index (Phi) is 4.70. The number of hydrogen-bond acceptors (Lipinski definition) is 6. The van der Waals surface area contributed by atoms with Crippen LogP contribution < -0.4 is 0 Å². The van der Waals surface area contributed by atoms with Gasteiger partial charge >= 0.3 is 6.09 Å². The van der Waals surface area contributed by atoms with Gasteiger partial charge in [0, 0.05) is 24.4 Å². The van der Waals surface area contributed by atoms with Crippen molar-refractivity contribution in [3.8, 4) is 0 Å². The zero-order valence-electron chi connectivity index (χ0n) is 12.1. The molecule has 2 aliphatic heterocycles.